The van der Waals surface area contributed by atoms with E-state index in [0.29, 0.717) is 17.7 Å². The van der Waals surface area contributed by atoms with Crippen LogP contribution in [0.3, 0.4) is 0 Å². The average Bonchev–Trinajstić information content (AvgIpc) is 3.66. The monoisotopic (exact) mass is 526 g/mol. The van der Waals surface area contributed by atoms with Gasteiger partial charge >= 0.3 is 0 Å². The van der Waals surface area contributed by atoms with Gasteiger partial charge in [-0.25, -0.2) is 16.8 Å². The van der Waals surface area contributed by atoms with Gasteiger partial charge < -0.3 is 10.2 Å². The lowest BCUT2D eigenvalue weighted by molar-refractivity contribution is -0.0401. The SMILES string of the molecule is O=S(=O)(CCC1[C@H]2[C@@H](O)[C@@H]3[C@H]4C5CC3(S(=O)(=O)c3ccccc3)[C@H]3[C@@H](O)[C@H]1[C@@H]([C@H]53)[C@@H]24)c1ccccc1. The lowest BCUT2D eigenvalue weighted by Crippen LogP contribution is -2.58. The molecule has 8 rings (SSSR count). The van der Waals surface area contributed by atoms with Crippen molar-refractivity contribution in [3.8, 4) is 0 Å². The van der Waals surface area contributed by atoms with E-state index in [1.165, 1.54) is 0 Å². The zero-order chi connectivity index (χ0) is 24.8. The Balaban J connectivity index is 1.20. The highest BCUT2D eigenvalue weighted by atomic mass is 32.2. The molecule has 0 aliphatic heterocycles. The van der Waals surface area contributed by atoms with E-state index in [4.69, 9.17) is 0 Å². The Hall–Kier alpha value is -1.74. The fourth-order valence-corrected chi connectivity index (χ4v) is 15.2. The zero-order valence-electron chi connectivity index (χ0n) is 19.7. The van der Waals surface area contributed by atoms with Crippen molar-refractivity contribution in [3.63, 3.8) is 0 Å². The first kappa shape index (κ1) is 22.3. The van der Waals surface area contributed by atoms with Crippen LogP contribution in [0.25, 0.3) is 0 Å². The molecule has 0 heterocycles. The first-order valence-corrected chi connectivity index (χ1v) is 16.3. The molecule has 3 unspecified atom stereocenters. The van der Waals surface area contributed by atoms with Crippen LogP contribution in [0.15, 0.2) is 70.5 Å². The van der Waals surface area contributed by atoms with E-state index in [2.05, 4.69) is 0 Å². The number of aliphatic hydroxyl groups excluding tert-OH is 2. The van der Waals surface area contributed by atoms with Gasteiger partial charge in [0.15, 0.2) is 19.7 Å². The molecule has 2 aromatic carbocycles. The van der Waals surface area contributed by atoms with Crippen molar-refractivity contribution < 1.29 is 27.0 Å². The van der Waals surface area contributed by atoms with E-state index in [9.17, 15) is 27.0 Å². The van der Waals surface area contributed by atoms with Crippen LogP contribution in [-0.4, -0.2) is 49.8 Å². The normalized spacial score (nSPS) is 48.9. The van der Waals surface area contributed by atoms with Crippen LogP contribution in [0, 0.1) is 59.2 Å². The standard InChI is InChI=1S/C28H30O6S2/c29-26-20-16(11-12-35(31,32)14-7-3-1-4-8-14)21-23-19-17-13-28(25(19)27(21)30,24(26)18(17)22(20)23)36(33,34)15-9-5-2-6-10-15/h1-10,16-27,29-30H,11-13H2/t16?,17?,18-,19-,20+,21+,22+,23+,24-,25+,26+,27-,28?/m0/s1. The molecule has 13 atom stereocenters. The number of hydrogen-bond acceptors (Lipinski definition) is 6. The molecule has 8 heteroatoms. The third-order valence-corrected chi connectivity index (χ3v) is 16.0. The third-order valence-electron chi connectivity index (χ3n) is 11.6. The zero-order valence-corrected chi connectivity index (χ0v) is 21.3. The summed E-state index contributed by atoms with van der Waals surface area (Å²) in [5, 5.41) is 23.6. The first-order chi connectivity index (χ1) is 17.2. The largest absolute Gasteiger partial charge is 0.392 e. The van der Waals surface area contributed by atoms with E-state index in [1.807, 2.05) is 0 Å². The molecule has 2 bridgehead atoms. The molecule has 190 valence electrons. The minimum atomic E-state index is -3.78. The van der Waals surface area contributed by atoms with Gasteiger partial charge in [-0.2, -0.15) is 0 Å². The van der Waals surface area contributed by atoms with Crippen molar-refractivity contribution in [1.29, 1.82) is 0 Å². The summed E-state index contributed by atoms with van der Waals surface area (Å²) in [6, 6.07) is 17.0. The lowest BCUT2D eigenvalue weighted by Gasteiger charge is -2.47. The van der Waals surface area contributed by atoms with E-state index in [1.54, 1.807) is 60.7 Å². The Morgan fingerprint density at radius 2 is 1.19 bits per heavy atom. The molecular weight excluding hydrogens is 496 g/mol. The van der Waals surface area contributed by atoms with Crippen LogP contribution in [0.5, 0.6) is 0 Å². The Bertz CT molecular complexity index is 1420. The summed E-state index contributed by atoms with van der Waals surface area (Å²) in [7, 11) is -7.25. The van der Waals surface area contributed by atoms with E-state index in [0.717, 1.165) is 0 Å². The summed E-state index contributed by atoms with van der Waals surface area (Å²) in [5.74, 6) is -0.160. The second-order valence-corrected chi connectivity index (χ2v) is 16.6. The number of aliphatic hydroxyl groups is 2. The molecule has 6 fully saturated rings. The van der Waals surface area contributed by atoms with Crippen LogP contribution < -0.4 is 0 Å². The molecule has 6 saturated carbocycles. The molecule has 6 nitrogen and oxygen atoms in total. The fraction of sp³-hybridized carbons (Fsp3) is 0.571. The second kappa shape index (κ2) is 6.82. The van der Waals surface area contributed by atoms with Gasteiger partial charge in [0.2, 0.25) is 0 Å². The summed E-state index contributed by atoms with van der Waals surface area (Å²) in [4.78, 5) is 0.590. The molecule has 0 spiro atoms. The highest BCUT2D eigenvalue weighted by molar-refractivity contribution is 7.93. The fourth-order valence-electron chi connectivity index (χ4n) is 11.2. The van der Waals surface area contributed by atoms with Crippen LogP contribution in [0.1, 0.15) is 12.8 Å². The maximum Gasteiger partial charge on any atom is 0.184 e. The molecule has 2 aromatic rings. The number of fused-ring (bicyclic) bond motifs is 3. The van der Waals surface area contributed by atoms with Gasteiger partial charge in [0.25, 0.3) is 0 Å². The molecule has 0 saturated heterocycles. The van der Waals surface area contributed by atoms with Crippen molar-refractivity contribution in [2.75, 3.05) is 5.75 Å². The molecule has 0 aromatic heterocycles. The quantitative estimate of drug-likeness (QED) is 0.599. The van der Waals surface area contributed by atoms with Gasteiger partial charge in [0.1, 0.15) is 0 Å². The van der Waals surface area contributed by atoms with E-state index >= 15 is 0 Å². The summed E-state index contributed by atoms with van der Waals surface area (Å²) in [6.07, 6.45) is -0.591. The maximum absolute atomic E-state index is 14.3. The molecular formula is C28H30O6S2. The molecule has 36 heavy (non-hydrogen) atoms. The van der Waals surface area contributed by atoms with Gasteiger partial charge in [0.05, 0.1) is 32.5 Å². The highest BCUT2D eigenvalue weighted by Crippen LogP contribution is 2.86. The minimum absolute atomic E-state index is 0.0187. The Morgan fingerprint density at radius 3 is 1.72 bits per heavy atom. The topological polar surface area (TPSA) is 109 Å². The van der Waals surface area contributed by atoms with Crippen molar-refractivity contribution in [3.05, 3.63) is 60.7 Å². The summed E-state index contributed by atoms with van der Waals surface area (Å²) < 4.78 is 53.7. The number of rotatable bonds is 6. The van der Waals surface area contributed by atoms with E-state index in [-0.39, 0.29) is 69.8 Å². The summed E-state index contributed by atoms with van der Waals surface area (Å²) >= 11 is 0. The predicted octanol–water partition coefficient (Wildman–Crippen LogP) is 2.42. The van der Waals surface area contributed by atoms with Crippen molar-refractivity contribution in [2.24, 2.45) is 59.2 Å². The average molecular weight is 527 g/mol. The van der Waals surface area contributed by atoms with Crippen LogP contribution >= 0.6 is 0 Å². The van der Waals surface area contributed by atoms with Gasteiger partial charge in [-0.3, -0.25) is 0 Å². The number of hydrogen-bond donors (Lipinski definition) is 2. The molecule has 0 radical (unpaired) electrons. The molecule has 0 amide bonds. The molecule has 6 aliphatic carbocycles. The van der Waals surface area contributed by atoms with Crippen LogP contribution in [0.4, 0.5) is 0 Å². The highest BCUT2D eigenvalue weighted by Gasteiger charge is 2.90. The van der Waals surface area contributed by atoms with Crippen LogP contribution in [-0.2, 0) is 19.7 Å². The van der Waals surface area contributed by atoms with Gasteiger partial charge in [-0.1, -0.05) is 36.4 Å². The Kier molecular flexibility index (Phi) is 4.22. The summed E-state index contributed by atoms with van der Waals surface area (Å²) in [5.41, 5.74) is 0. The second-order valence-electron chi connectivity index (χ2n) is 12.2. The third kappa shape index (κ3) is 2.25. The minimum Gasteiger partial charge on any atom is -0.392 e. The smallest absolute Gasteiger partial charge is 0.184 e. The summed E-state index contributed by atoms with van der Waals surface area (Å²) in [6.45, 7) is 0. The Morgan fingerprint density at radius 1 is 0.694 bits per heavy atom. The first-order valence-electron chi connectivity index (χ1n) is 13.2. The van der Waals surface area contributed by atoms with Gasteiger partial charge in [-0.05, 0) is 84.5 Å². The number of sulfone groups is 2. The Labute approximate surface area is 211 Å². The van der Waals surface area contributed by atoms with Crippen molar-refractivity contribution in [2.45, 2.75) is 39.6 Å². The van der Waals surface area contributed by atoms with E-state index < -0.39 is 36.6 Å². The van der Waals surface area contributed by atoms with Crippen molar-refractivity contribution in [1.82, 2.24) is 0 Å². The van der Waals surface area contributed by atoms with Crippen molar-refractivity contribution >= 4 is 19.7 Å². The maximum atomic E-state index is 14.3. The van der Waals surface area contributed by atoms with Gasteiger partial charge in [0, 0.05) is 11.8 Å². The van der Waals surface area contributed by atoms with Crippen LogP contribution in [0.2, 0.25) is 0 Å². The molecule has 2 N–H and O–H groups in total. The van der Waals surface area contributed by atoms with Gasteiger partial charge in [-0.15, -0.1) is 0 Å². The number of benzene rings is 2. The predicted molar refractivity (Wildman–Crippen MR) is 131 cm³/mol. The molecule has 6 aliphatic rings. The lowest BCUT2D eigenvalue weighted by atomic mass is 9.68.